The number of carbonyl (C=O) groups is 2. The van der Waals surface area contributed by atoms with Crippen LogP contribution in [-0.4, -0.2) is 50.6 Å². The fourth-order valence-electron chi connectivity index (χ4n) is 2.81. The summed E-state index contributed by atoms with van der Waals surface area (Å²) in [6.07, 6.45) is 1.65. The molecule has 1 heterocycles. The van der Waals surface area contributed by atoms with Gasteiger partial charge >= 0.3 is 12.6 Å². The van der Waals surface area contributed by atoms with Gasteiger partial charge < -0.3 is 14.4 Å². The van der Waals surface area contributed by atoms with Crippen LogP contribution in [0.25, 0.3) is 6.08 Å². The predicted molar refractivity (Wildman–Crippen MR) is 121 cm³/mol. The normalized spacial score (nSPS) is 14.7. The number of hydrogen-bond donors (Lipinski definition) is 0. The first-order valence-electron chi connectivity index (χ1n) is 9.45. The van der Waals surface area contributed by atoms with Crippen molar-refractivity contribution in [1.82, 2.24) is 0 Å². The fraction of sp³-hybridized carbons (Fsp3) is 0.227. The van der Waals surface area contributed by atoms with Crippen molar-refractivity contribution in [3.05, 3.63) is 59.8 Å². The maximum Gasteiger partial charge on any atom is 0.387 e. The number of esters is 1. The first kappa shape index (κ1) is 23.3. The molecule has 1 amide bonds. The van der Waals surface area contributed by atoms with Gasteiger partial charge in [-0.3, -0.25) is 14.5 Å². The number of alkyl halides is 2. The summed E-state index contributed by atoms with van der Waals surface area (Å²) < 4.78 is 33.9. The standard InChI is InChI=1S/C22H21F2N3O4S/c1-26(2)15-6-4-14(5-7-15)12-18-20(29)27(22(25-18)32-13-19(28)30-3)16-8-10-17(11-9-16)31-21(23)24/h4-12,21H,13H2,1-3H3/b18-12-. The zero-order valence-electron chi connectivity index (χ0n) is 17.6. The molecule has 1 aliphatic rings. The summed E-state index contributed by atoms with van der Waals surface area (Å²) in [5, 5.41) is 0.277. The number of methoxy groups -OCH3 is 1. The highest BCUT2D eigenvalue weighted by Crippen LogP contribution is 2.31. The summed E-state index contributed by atoms with van der Waals surface area (Å²) in [6, 6.07) is 13.2. The second kappa shape index (κ2) is 10.3. The summed E-state index contributed by atoms with van der Waals surface area (Å²) in [7, 11) is 5.13. The number of carbonyl (C=O) groups excluding carboxylic acids is 2. The molecule has 1 aliphatic heterocycles. The minimum absolute atomic E-state index is 0.0344. The molecule has 0 aromatic heterocycles. The van der Waals surface area contributed by atoms with Crippen LogP contribution in [0.1, 0.15) is 5.56 Å². The Hall–Kier alpha value is -3.40. The van der Waals surface area contributed by atoms with E-state index in [-0.39, 0.29) is 22.4 Å². The van der Waals surface area contributed by atoms with Gasteiger partial charge in [0.2, 0.25) is 0 Å². The van der Waals surface area contributed by atoms with Crippen molar-refractivity contribution in [3.63, 3.8) is 0 Å². The van der Waals surface area contributed by atoms with Gasteiger partial charge in [-0.2, -0.15) is 8.78 Å². The maximum atomic E-state index is 13.1. The van der Waals surface area contributed by atoms with Crippen molar-refractivity contribution in [2.24, 2.45) is 4.99 Å². The molecule has 2 aromatic carbocycles. The molecule has 2 aromatic rings. The van der Waals surface area contributed by atoms with Crippen LogP contribution in [0.5, 0.6) is 5.75 Å². The van der Waals surface area contributed by atoms with Crippen molar-refractivity contribution in [2.45, 2.75) is 6.61 Å². The molecule has 0 radical (unpaired) electrons. The zero-order valence-corrected chi connectivity index (χ0v) is 18.4. The molecule has 168 valence electrons. The molecular weight excluding hydrogens is 440 g/mol. The predicted octanol–water partition coefficient (Wildman–Crippen LogP) is 4.00. The van der Waals surface area contributed by atoms with E-state index in [0.717, 1.165) is 23.0 Å². The van der Waals surface area contributed by atoms with Crippen LogP contribution in [0, 0.1) is 0 Å². The number of amidine groups is 1. The van der Waals surface area contributed by atoms with E-state index in [9.17, 15) is 18.4 Å². The van der Waals surface area contributed by atoms with Crippen LogP contribution in [0.3, 0.4) is 0 Å². The van der Waals surface area contributed by atoms with Crippen molar-refractivity contribution in [3.8, 4) is 5.75 Å². The van der Waals surface area contributed by atoms with Gasteiger partial charge in [-0.05, 0) is 48.0 Å². The minimum Gasteiger partial charge on any atom is -0.468 e. The number of ether oxygens (including phenoxy) is 2. The Morgan fingerprint density at radius 3 is 2.38 bits per heavy atom. The number of benzene rings is 2. The van der Waals surface area contributed by atoms with E-state index in [4.69, 9.17) is 0 Å². The molecule has 32 heavy (non-hydrogen) atoms. The summed E-state index contributed by atoms with van der Waals surface area (Å²) in [4.78, 5) is 32.4. The van der Waals surface area contributed by atoms with Crippen LogP contribution < -0.4 is 14.5 Å². The average molecular weight is 461 g/mol. The number of halogens is 2. The van der Waals surface area contributed by atoms with E-state index in [1.807, 2.05) is 43.3 Å². The maximum absolute atomic E-state index is 13.1. The second-order valence-electron chi connectivity index (χ2n) is 6.79. The monoisotopic (exact) mass is 461 g/mol. The molecule has 0 fully saturated rings. The second-order valence-corrected chi connectivity index (χ2v) is 7.73. The number of amides is 1. The number of hydrogen-bond acceptors (Lipinski definition) is 7. The van der Waals surface area contributed by atoms with Gasteiger partial charge in [0, 0.05) is 19.8 Å². The van der Waals surface area contributed by atoms with Crippen LogP contribution >= 0.6 is 11.8 Å². The van der Waals surface area contributed by atoms with Crippen molar-refractivity contribution >= 4 is 46.3 Å². The number of nitrogens with zero attached hydrogens (tertiary/aromatic N) is 3. The lowest BCUT2D eigenvalue weighted by molar-refractivity contribution is -0.137. The summed E-state index contributed by atoms with van der Waals surface area (Å²) >= 11 is 1.04. The largest absolute Gasteiger partial charge is 0.468 e. The number of thioether (sulfide) groups is 1. The van der Waals surface area contributed by atoms with E-state index in [1.165, 1.54) is 36.3 Å². The SMILES string of the molecule is COC(=O)CSC1=N/C(=C\c2ccc(N(C)C)cc2)C(=O)N1c1ccc(OC(F)F)cc1. The third-order valence-electron chi connectivity index (χ3n) is 4.41. The van der Waals surface area contributed by atoms with Crippen LogP contribution in [-0.2, 0) is 14.3 Å². The van der Waals surface area contributed by atoms with Crippen LogP contribution in [0.4, 0.5) is 20.2 Å². The Balaban J connectivity index is 1.90. The van der Waals surface area contributed by atoms with Crippen molar-refractivity contribution in [2.75, 3.05) is 36.8 Å². The Kier molecular flexibility index (Phi) is 7.47. The highest BCUT2D eigenvalue weighted by Gasteiger charge is 2.32. The third kappa shape index (κ3) is 5.64. The summed E-state index contributed by atoms with van der Waals surface area (Å²) in [5.74, 6) is -0.955. The zero-order chi connectivity index (χ0) is 23.3. The molecule has 0 saturated heterocycles. The highest BCUT2D eigenvalue weighted by molar-refractivity contribution is 8.14. The number of anilines is 2. The van der Waals surface area contributed by atoms with Gasteiger partial charge in [-0.25, -0.2) is 4.99 Å². The summed E-state index contributed by atoms with van der Waals surface area (Å²) in [6.45, 7) is -2.95. The topological polar surface area (TPSA) is 71.4 Å². The van der Waals surface area contributed by atoms with Gasteiger partial charge in [-0.1, -0.05) is 23.9 Å². The van der Waals surface area contributed by atoms with E-state index < -0.39 is 18.5 Å². The smallest absolute Gasteiger partial charge is 0.387 e. The van der Waals surface area contributed by atoms with E-state index in [1.54, 1.807) is 6.08 Å². The van der Waals surface area contributed by atoms with E-state index >= 15 is 0 Å². The lowest BCUT2D eigenvalue weighted by Crippen LogP contribution is -2.30. The molecule has 0 N–H and O–H groups in total. The molecule has 0 spiro atoms. The van der Waals surface area contributed by atoms with Gasteiger partial charge in [0.25, 0.3) is 5.91 Å². The highest BCUT2D eigenvalue weighted by atomic mass is 32.2. The lowest BCUT2D eigenvalue weighted by Gasteiger charge is -2.18. The van der Waals surface area contributed by atoms with Crippen molar-refractivity contribution in [1.29, 1.82) is 0 Å². The minimum atomic E-state index is -2.95. The third-order valence-corrected chi connectivity index (χ3v) is 5.32. The Morgan fingerprint density at radius 2 is 1.81 bits per heavy atom. The molecule has 0 aliphatic carbocycles. The Bertz CT molecular complexity index is 1040. The van der Waals surface area contributed by atoms with Gasteiger partial charge in [0.05, 0.1) is 18.6 Å². The number of rotatable bonds is 7. The first-order valence-corrected chi connectivity index (χ1v) is 10.4. The molecule has 7 nitrogen and oxygen atoms in total. The first-order chi connectivity index (χ1) is 15.3. The molecule has 3 rings (SSSR count). The number of aliphatic imine (C=N–C) groups is 1. The molecular formula is C22H21F2N3O4S. The molecule has 0 bridgehead atoms. The van der Waals surface area contributed by atoms with Crippen molar-refractivity contribution < 1.29 is 27.8 Å². The van der Waals surface area contributed by atoms with Gasteiger partial charge in [-0.15, -0.1) is 0 Å². The molecule has 0 unspecified atom stereocenters. The Morgan fingerprint density at radius 1 is 1.16 bits per heavy atom. The van der Waals surface area contributed by atoms with Gasteiger partial charge in [0.1, 0.15) is 11.4 Å². The fourth-order valence-corrected chi connectivity index (χ4v) is 3.65. The lowest BCUT2D eigenvalue weighted by atomic mass is 10.1. The molecule has 0 saturated carbocycles. The van der Waals surface area contributed by atoms with Crippen LogP contribution in [0.2, 0.25) is 0 Å². The Labute approximate surface area is 188 Å². The van der Waals surface area contributed by atoms with E-state index in [2.05, 4.69) is 14.5 Å². The van der Waals surface area contributed by atoms with E-state index in [0.29, 0.717) is 5.69 Å². The molecule has 10 heteroatoms. The van der Waals surface area contributed by atoms with Crippen LogP contribution in [0.15, 0.2) is 59.2 Å². The molecule has 0 atom stereocenters. The van der Waals surface area contributed by atoms with Gasteiger partial charge in [0.15, 0.2) is 5.17 Å². The average Bonchev–Trinajstić information content (AvgIpc) is 3.07. The quantitative estimate of drug-likeness (QED) is 0.459. The summed E-state index contributed by atoms with van der Waals surface area (Å²) in [5.41, 5.74) is 2.37.